The lowest BCUT2D eigenvalue weighted by Gasteiger charge is -2.08. The van der Waals surface area contributed by atoms with Crippen molar-refractivity contribution < 1.29 is 14.3 Å². The van der Waals surface area contributed by atoms with Gasteiger partial charge in [-0.25, -0.2) is 4.79 Å². The minimum atomic E-state index is -0.576. The Morgan fingerprint density at radius 3 is 2.38 bits per heavy atom. The van der Waals surface area contributed by atoms with Crippen LogP contribution in [0.3, 0.4) is 0 Å². The number of Topliss-reactive ketones (excluding diaryl/α,β-unsaturated/α-hetero) is 1. The molecule has 0 saturated heterocycles. The average molecular weight is 340 g/mol. The molecule has 2 rings (SSSR count). The zero-order chi connectivity index (χ0) is 17.4. The van der Waals surface area contributed by atoms with E-state index < -0.39 is 5.97 Å². The van der Waals surface area contributed by atoms with Crippen molar-refractivity contribution in [3.05, 3.63) is 71.3 Å². The first-order chi connectivity index (χ1) is 11.6. The van der Waals surface area contributed by atoms with Crippen molar-refractivity contribution in [1.82, 2.24) is 0 Å². The lowest BCUT2D eigenvalue weighted by molar-refractivity contribution is -0.139. The predicted octanol–water partition coefficient (Wildman–Crippen LogP) is 4.51. The van der Waals surface area contributed by atoms with Crippen LogP contribution in [-0.2, 0) is 20.1 Å². The average Bonchev–Trinajstić information content (AvgIpc) is 2.59. The Labute approximate surface area is 146 Å². The van der Waals surface area contributed by atoms with E-state index in [0.29, 0.717) is 0 Å². The molecule has 0 aliphatic heterocycles. The number of rotatable bonds is 7. The topological polar surface area (TPSA) is 43.4 Å². The maximum Gasteiger partial charge on any atom is 0.341 e. The molecule has 0 radical (unpaired) electrons. The Kier molecular flexibility index (Phi) is 6.82. The molecule has 0 aliphatic carbocycles. The van der Waals surface area contributed by atoms with Gasteiger partial charge >= 0.3 is 5.97 Å². The first-order valence-corrected chi connectivity index (χ1v) is 8.76. The van der Waals surface area contributed by atoms with Crippen molar-refractivity contribution in [3.8, 4) is 0 Å². The SMILES string of the molecule is CCOC(=O)C(=Cc1ccccc1SCc1ccccc1)C(C)=O. The van der Waals surface area contributed by atoms with Gasteiger partial charge in [0.1, 0.15) is 5.57 Å². The summed E-state index contributed by atoms with van der Waals surface area (Å²) in [5, 5.41) is 0. The molecule has 0 bridgehead atoms. The number of carbonyl (C=O) groups excluding carboxylic acids is 2. The van der Waals surface area contributed by atoms with Crippen LogP contribution in [0.5, 0.6) is 0 Å². The summed E-state index contributed by atoms with van der Waals surface area (Å²) < 4.78 is 4.97. The van der Waals surface area contributed by atoms with Crippen LogP contribution in [0, 0.1) is 0 Å². The molecule has 0 heterocycles. The molecule has 0 fully saturated rings. The molecule has 0 atom stereocenters. The van der Waals surface area contributed by atoms with Gasteiger partial charge in [-0.2, -0.15) is 0 Å². The molecule has 0 spiro atoms. The molecule has 0 unspecified atom stereocenters. The van der Waals surface area contributed by atoms with Gasteiger partial charge in [-0.3, -0.25) is 4.79 Å². The van der Waals surface area contributed by atoms with E-state index in [1.165, 1.54) is 12.5 Å². The number of benzene rings is 2. The molecule has 2 aromatic carbocycles. The maximum atomic E-state index is 12.0. The highest BCUT2D eigenvalue weighted by Gasteiger charge is 2.16. The fourth-order valence-corrected chi connectivity index (χ4v) is 3.12. The summed E-state index contributed by atoms with van der Waals surface area (Å²) in [4.78, 5) is 24.8. The molecular weight excluding hydrogens is 320 g/mol. The third kappa shape index (κ3) is 5.10. The summed E-state index contributed by atoms with van der Waals surface area (Å²) in [5.41, 5.74) is 2.14. The van der Waals surface area contributed by atoms with Crippen LogP contribution in [0.4, 0.5) is 0 Å². The van der Waals surface area contributed by atoms with Crippen LogP contribution in [0.1, 0.15) is 25.0 Å². The van der Waals surface area contributed by atoms with E-state index in [1.807, 2.05) is 42.5 Å². The summed E-state index contributed by atoms with van der Waals surface area (Å²) in [6.45, 7) is 3.34. The monoisotopic (exact) mass is 340 g/mol. The number of hydrogen-bond donors (Lipinski definition) is 0. The van der Waals surface area contributed by atoms with Crippen LogP contribution < -0.4 is 0 Å². The summed E-state index contributed by atoms with van der Waals surface area (Å²) >= 11 is 1.67. The van der Waals surface area contributed by atoms with E-state index in [-0.39, 0.29) is 18.0 Å². The quantitative estimate of drug-likeness (QED) is 0.244. The van der Waals surface area contributed by atoms with Crippen LogP contribution in [0.2, 0.25) is 0 Å². The number of carbonyl (C=O) groups is 2. The highest BCUT2D eigenvalue weighted by Crippen LogP contribution is 2.28. The standard InChI is InChI=1S/C20H20O3S/c1-3-23-20(22)18(15(2)21)13-17-11-7-8-12-19(17)24-14-16-9-5-4-6-10-16/h4-13H,3,14H2,1-2H3. The van der Waals surface area contributed by atoms with Crippen LogP contribution in [0.25, 0.3) is 6.08 Å². The molecule has 3 nitrogen and oxygen atoms in total. The first kappa shape index (κ1) is 18.0. The van der Waals surface area contributed by atoms with Crippen molar-refractivity contribution >= 4 is 29.6 Å². The van der Waals surface area contributed by atoms with E-state index in [9.17, 15) is 9.59 Å². The minimum Gasteiger partial charge on any atom is -0.462 e. The molecule has 0 aromatic heterocycles. The van der Waals surface area contributed by atoms with E-state index in [1.54, 1.807) is 24.8 Å². The highest BCUT2D eigenvalue weighted by molar-refractivity contribution is 7.98. The Bertz CT molecular complexity index is 736. The third-order valence-corrected chi connectivity index (χ3v) is 4.49. The maximum absolute atomic E-state index is 12.0. The molecule has 4 heteroatoms. The number of ether oxygens (including phenoxy) is 1. The van der Waals surface area contributed by atoms with Gasteiger partial charge in [0, 0.05) is 10.6 Å². The summed E-state index contributed by atoms with van der Waals surface area (Å²) in [6, 6.07) is 17.9. The van der Waals surface area contributed by atoms with Gasteiger partial charge in [0.25, 0.3) is 0 Å². The number of hydrogen-bond acceptors (Lipinski definition) is 4. The van der Waals surface area contributed by atoms with E-state index in [0.717, 1.165) is 16.2 Å². The van der Waals surface area contributed by atoms with Crippen LogP contribution in [-0.4, -0.2) is 18.4 Å². The van der Waals surface area contributed by atoms with Crippen molar-refractivity contribution in [1.29, 1.82) is 0 Å². The van der Waals surface area contributed by atoms with Gasteiger partial charge in [-0.15, -0.1) is 11.8 Å². The normalized spacial score (nSPS) is 11.2. The summed E-state index contributed by atoms with van der Waals surface area (Å²) in [6.07, 6.45) is 1.62. The number of esters is 1. The van der Waals surface area contributed by atoms with Crippen LogP contribution >= 0.6 is 11.8 Å². The Balaban J connectivity index is 2.25. The first-order valence-electron chi connectivity index (χ1n) is 7.77. The van der Waals surface area contributed by atoms with E-state index >= 15 is 0 Å². The molecule has 0 N–H and O–H groups in total. The Hall–Kier alpha value is -2.33. The van der Waals surface area contributed by atoms with Crippen LogP contribution in [0.15, 0.2) is 65.1 Å². The zero-order valence-electron chi connectivity index (χ0n) is 13.8. The molecular formula is C20H20O3S. The molecule has 2 aromatic rings. The molecule has 24 heavy (non-hydrogen) atoms. The molecule has 0 aliphatic rings. The Morgan fingerprint density at radius 1 is 1.04 bits per heavy atom. The van der Waals surface area contributed by atoms with Crippen molar-refractivity contribution in [2.75, 3.05) is 6.61 Å². The highest BCUT2D eigenvalue weighted by atomic mass is 32.2. The van der Waals surface area contributed by atoms with Gasteiger partial charge in [0.05, 0.1) is 6.61 Å². The second kappa shape index (κ2) is 9.08. The minimum absolute atomic E-state index is 0.0737. The van der Waals surface area contributed by atoms with Gasteiger partial charge in [-0.05, 0) is 37.1 Å². The fourth-order valence-electron chi connectivity index (χ4n) is 2.14. The van der Waals surface area contributed by atoms with Crippen molar-refractivity contribution in [2.24, 2.45) is 0 Å². The predicted molar refractivity (Wildman–Crippen MR) is 97.7 cm³/mol. The lowest BCUT2D eigenvalue weighted by atomic mass is 10.1. The Morgan fingerprint density at radius 2 is 1.71 bits per heavy atom. The lowest BCUT2D eigenvalue weighted by Crippen LogP contribution is -2.13. The van der Waals surface area contributed by atoms with Gasteiger partial charge in [0.15, 0.2) is 5.78 Å². The van der Waals surface area contributed by atoms with Crippen molar-refractivity contribution in [2.45, 2.75) is 24.5 Å². The largest absolute Gasteiger partial charge is 0.462 e. The molecule has 0 saturated carbocycles. The third-order valence-electron chi connectivity index (χ3n) is 3.33. The van der Waals surface area contributed by atoms with E-state index in [2.05, 4.69) is 12.1 Å². The van der Waals surface area contributed by atoms with Gasteiger partial charge in [-0.1, -0.05) is 48.5 Å². The summed E-state index contributed by atoms with van der Waals surface area (Å²) in [5.74, 6) is -0.0512. The second-order valence-electron chi connectivity index (χ2n) is 5.15. The zero-order valence-corrected chi connectivity index (χ0v) is 14.6. The van der Waals surface area contributed by atoms with Gasteiger partial charge in [0.2, 0.25) is 0 Å². The fraction of sp³-hybridized carbons (Fsp3) is 0.200. The van der Waals surface area contributed by atoms with E-state index in [4.69, 9.17) is 4.74 Å². The molecule has 0 amide bonds. The second-order valence-corrected chi connectivity index (χ2v) is 6.16. The van der Waals surface area contributed by atoms with Crippen molar-refractivity contribution in [3.63, 3.8) is 0 Å². The number of thioether (sulfide) groups is 1. The summed E-state index contributed by atoms with van der Waals surface area (Å²) in [7, 11) is 0. The van der Waals surface area contributed by atoms with Gasteiger partial charge < -0.3 is 4.74 Å². The molecule has 124 valence electrons. The smallest absolute Gasteiger partial charge is 0.341 e. The number of ketones is 1.